The Bertz CT molecular complexity index is 703. The van der Waals surface area contributed by atoms with E-state index in [1.165, 1.54) is 0 Å². The van der Waals surface area contributed by atoms with Crippen molar-refractivity contribution in [2.24, 2.45) is 0 Å². The van der Waals surface area contributed by atoms with Gasteiger partial charge in [0.1, 0.15) is 6.33 Å². The first kappa shape index (κ1) is 13.3. The molecule has 0 bridgehead atoms. The van der Waals surface area contributed by atoms with E-state index in [-0.39, 0.29) is 11.9 Å². The van der Waals surface area contributed by atoms with Crippen molar-refractivity contribution < 1.29 is 4.79 Å². The van der Waals surface area contributed by atoms with E-state index in [0.717, 1.165) is 30.5 Å². The Morgan fingerprint density at radius 2 is 2.14 bits per heavy atom. The lowest BCUT2D eigenvalue weighted by Crippen LogP contribution is -2.31. The molecule has 1 heterocycles. The predicted molar refractivity (Wildman–Crippen MR) is 76.3 cm³/mol. The van der Waals surface area contributed by atoms with Crippen LogP contribution in [-0.2, 0) is 6.42 Å². The SMILES string of the molecule is N#Cc1ccc(C(=O)N[C@@H]2CCCc3ncncc32)cc1. The molecule has 1 aliphatic carbocycles. The number of benzene rings is 1. The van der Waals surface area contributed by atoms with Crippen LogP contribution in [0.1, 0.15) is 46.1 Å². The molecule has 1 N–H and O–H groups in total. The van der Waals surface area contributed by atoms with E-state index >= 15 is 0 Å². The zero-order chi connectivity index (χ0) is 14.7. The molecule has 5 heteroatoms. The first-order valence-electron chi connectivity index (χ1n) is 6.88. The lowest BCUT2D eigenvalue weighted by Gasteiger charge is -2.25. The summed E-state index contributed by atoms with van der Waals surface area (Å²) in [6, 6.07) is 8.62. The summed E-state index contributed by atoms with van der Waals surface area (Å²) in [4.78, 5) is 20.6. The second kappa shape index (κ2) is 5.71. The second-order valence-electron chi connectivity index (χ2n) is 5.03. The first-order chi connectivity index (χ1) is 10.3. The summed E-state index contributed by atoms with van der Waals surface area (Å²) in [6.45, 7) is 0. The van der Waals surface area contributed by atoms with Crippen LogP contribution in [0, 0.1) is 11.3 Å². The van der Waals surface area contributed by atoms with E-state index in [9.17, 15) is 4.79 Å². The summed E-state index contributed by atoms with van der Waals surface area (Å²) in [5.41, 5.74) is 3.12. The third-order valence-electron chi connectivity index (χ3n) is 3.69. The van der Waals surface area contributed by atoms with Gasteiger partial charge >= 0.3 is 0 Å². The topological polar surface area (TPSA) is 78.7 Å². The van der Waals surface area contributed by atoms with Crippen molar-refractivity contribution in [2.45, 2.75) is 25.3 Å². The van der Waals surface area contributed by atoms with E-state index in [1.807, 2.05) is 6.07 Å². The largest absolute Gasteiger partial charge is 0.345 e. The predicted octanol–water partition coefficient (Wildman–Crippen LogP) is 2.16. The molecule has 0 aliphatic heterocycles. The summed E-state index contributed by atoms with van der Waals surface area (Å²) in [5.74, 6) is -0.138. The van der Waals surface area contributed by atoms with Crippen molar-refractivity contribution in [1.29, 1.82) is 5.26 Å². The van der Waals surface area contributed by atoms with E-state index in [2.05, 4.69) is 15.3 Å². The molecule has 0 radical (unpaired) electrons. The van der Waals surface area contributed by atoms with Gasteiger partial charge in [-0.15, -0.1) is 0 Å². The smallest absolute Gasteiger partial charge is 0.251 e. The summed E-state index contributed by atoms with van der Waals surface area (Å²) >= 11 is 0. The molecular formula is C16H14N4O. The molecule has 1 aromatic heterocycles. The Morgan fingerprint density at radius 3 is 2.90 bits per heavy atom. The number of nitrogens with one attached hydrogen (secondary N) is 1. The Labute approximate surface area is 122 Å². The third-order valence-corrected chi connectivity index (χ3v) is 3.69. The second-order valence-corrected chi connectivity index (χ2v) is 5.03. The van der Waals surface area contributed by atoms with Crippen LogP contribution >= 0.6 is 0 Å². The molecule has 1 aliphatic rings. The number of carbonyl (C=O) groups is 1. The molecule has 104 valence electrons. The first-order valence-corrected chi connectivity index (χ1v) is 6.88. The fraction of sp³-hybridized carbons (Fsp3) is 0.250. The molecule has 2 aromatic rings. The van der Waals surface area contributed by atoms with Gasteiger partial charge in [0, 0.05) is 23.0 Å². The van der Waals surface area contributed by atoms with Crippen LogP contribution in [-0.4, -0.2) is 15.9 Å². The number of amides is 1. The van der Waals surface area contributed by atoms with Gasteiger partial charge in [-0.2, -0.15) is 5.26 Å². The van der Waals surface area contributed by atoms with E-state index in [1.54, 1.807) is 36.8 Å². The van der Waals surface area contributed by atoms with Crippen LogP contribution < -0.4 is 5.32 Å². The average molecular weight is 278 g/mol. The highest BCUT2D eigenvalue weighted by Crippen LogP contribution is 2.27. The van der Waals surface area contributed by atoms with Gasteiger partial charge < -0.3 is 5.32 Å². The number of hydrogen-bond acceptors (Lipinski definition) is 4. The van der Waals surface area contributed by atoms with Crippen LogP contribution in [0.15, 0.2) is 36.8 Å². The summed E-state index contributed by atoms with van der Waals surface area (Å²) in [6.07, 6.45) is 6.15. The van der Waals surface area contributed by atoms with E-state index < -0.39 is 0 Å². The minimum atomic E-state index is -0.138. The Morgan fingerprint density at radius 1 is 1.33 bits per heavy atom. The number of carbonyl (C=O) groups excluding carboxylic acids is 1. The van der Waals surface area contributed by atoms with Crippen LogP contribution in [0.25, 0.3) is 0 Å². The van der Waals surface area contributed by atoms with E-state index in [4.69, 9.17) is 5.26 Å². The van der Waals surface area contributed by atoms with Crippen LogP contribution in [0.2, 0.25) is 0 Å². The Kier molecular flexibility index (Phi) is 3.61. The van der Waals surface area contributed by atoms with Crippen molar-refractivity contribution in [1.82, 2.24) is 15.3 Å². The van der Waals surface area contributed by atoms with Gasteiger partial charge in [0.15, 0.2) is 0 Å². The van der Waals surface area contributed by atoms with Crippen LogP contribution in [0.4, 0.5) is 0 Å². The number of aryl methyl sites for hydroxylation is 1. The van der Waals surface area contributed by atoms with Gasteiger partial charge in [0.25, 0.3) is 5.91 Å². The molecule has 3 rings (SSSR count). The highest BCUT2D eigenvalue weighted by atomic mass is 16.1. The van der Waals surface area contributed by atoms with Crippen molar-refractivity contribution in [3.8, 4) is 6.07 Å². The zero-order valence-corrected chi connectivity index (χ0v) is 11.4. The number of fused-ring (bicyclic) bond motifs is 1. The molecule has 0 saturated carbocycles. The highest BCUT2D eigenvalue weighted by Gasteiger charge is 2.23. The molecule has 1 aromatic carbocycles. The van der Waals surface area contributed by atoms with Gasteiger partial charge in [0.2, 0.25) is 0 Å². The summed E-state index contributed by atoms with van der Waals surface area (Å²) in [5, 5.41) is 11.8. The number of rotatable bonds is 2. The van der Waals surface area contributed by atoms with Crippen molar-refractivity contribution in [2.75, 3.05) is 0 Å². The normalized spacial score (nSPS) is 16.6. The number of nitriles is 1. The lowest BCUT2D eigenvalue weighted by atomic mass is 9.92. The van der Waals surface area contributed by atoms with Crippen molar-refractivity contribution in [3.63, 3.8) is 0 Å². The van der Waals surface area contributed by atoms with Gasteiger partial charge in [-0.3, -0.25) is 4.79 Å². The van der Waals surface area contributed by atoms with Crippen molar-refractivity contribution >= 4 is 5.91 Å². The lowest BCUT2D eigenvalue weighted by molar-refractivity contribution is 0.0932. The number of aromatic nitrogens is 2. The summed E-state index contributed by atoms with van der Waals surface area (Å²) in [7, 11) is 0. The molecular weight excluding hydrogens is 264 g/mol. The molecule has 21 heavy (non-hydrogen) atoms. The molecule has 0 unspecified atom stereocenters. The van der Waals surface area contributed by atoms with Gasteiger partial charge in [-0.1, -0.05) is 0 Å². The molecule has 0 spiro atoms. The maximum atomic E-state index is 12.3. The average Bonchev–Trinajstić information content (AvgIpc) is 2.55. The van der Waals surface area contributed by atoms with Crippen LogP contribution in [0.3, 0.4) is 0 Å². The Hall–Kier alpha value is -2.74. The van der Waals surface area contributed by atoms with E-state index in [0.29, 0.717) is 11.1 Å². The Balaban J connectivity index is 1.78. The van der Waals surface area contributed by atoms with Crippen LogP contribution in [0.5, 0.6) is 0 Å². The summed E-state index contributed by atoms with van der Waals surface area (Å²) < 4.78 is 0. The molecule has 5 nitrogen and oxygen atoms in total. The molecule has 1 amide bonds. The molecule has 0 fully saturated rings. The quantitative estimate of drug-likeness (QED) is 0.913. The minimum absolute atomic E-state index is 0.0434. The maximum Gasteiger partial charge on any atom is 0.251 e. The fourth-order valence-electron chi connectivity index (χ4n) is 2.58. The van der Waals surface area contributed by atoms with Gasteiger partial charge in [-0.05, 0) is 43.5 Å². The monoisotopic (exact) mass is 278 g/mol. The molecule has 1 atom stereocenters. The highest BCUT2D eigenvalue weighted by molar-refractivity contribution is 5.94. The van der Waals surface area contributed by atoms with Crippen molar-refractivity contribution in [3.05, 3.63) is 59.2 Å². The third kappa shape index (κ3) is 2.75. The standard InChI is InChI=1S/C16H14N4O/c17-8-11-4-6-12(7-5-11)16(21)20-15-3-1-2-14-13(15)9-18-10-19-14/h4-7,9-10,15H,1-3H2,(H,20,21)/t15-/m1/s1. The number of hydrogen-bond donors (Lipinski definition) is 1. The molecule has 0 saturated heterocycles. The van der Waals surface area contributed by atoms with Gasteiger partial charge in [0.05, 0.1) is 17.7 Å². The maximum absolute atomic E-state index is 12.3. The number of nitrogens with zero attached hydrogens (tertiary/aromatic N) is 3. The fourth-order valence-corrected chi connectivity index (χ4v) is 2.58. The minimum Gasteiger partial charge on any atom is -0.345 e. The zero-order valence-electron chi connectivity index (χ0n) is 11.4. The van der Waals surface area contributed by atoms with Gasteiger partial charge in [-0.25, -0.2) is 9.97 Å².